The highest BCUT2D eigenvalue weighted by Gasteiger charge is 2.56. The summed E-state index contributed by atoms with van der Waals surface area (Å²) in [5.74, 6) is 6.30. The zero-order valence-corrected chi connectivity index (χ0v) is 14.7. The lowest BCUT2D eigenvalue weighted by atomic mass is 9.99. The Bertz CT molecular complexity index is 841. The maximum atomic E-state index is 13.0. The van der Waals surface area contributed by atoms with Crippen molar-refractivity contribution in [1.29, 1.82) is 0 Å². The van der Waals surface area contributed by atoms with Gasteiger partial charge in [-0.05, 0) is 44.9 Å². The van der Waals surface area contributed by atoms with Crippen molar-refractivity contribution in [2.24, 2.45) is 5.84 Å². The molecule has 3 rings (SSSR count). The van der Waals surface area contributed by atoms with E-state index in [1.54, 1.807) is 31.4 Å². The van der Waals surface area contributed by atoms with Gasteiger partial charge in [0.15, 0.2) is 5.78 Å². The van der Waals surface area contributed by atoms with E-state index in [0.717, 1.165) is 10.6 Å². The van der Waals surface area contributed by atoms with Gasteiger partial charge in [-0.1, -0.05) is 29.8 Å². The van der Waals surface area contributed by atoms with Gasteiger partial charge in [0.1, 0.15) is 11.3 Å². The molecule has 0 unspecified atom stereocenters. The quantitative estimate of drug-likeness (QED) is 0.394. The van der Waals surface area contributed by atoms with Gasteiger partial charge in [-0.15, -0.1) is 0 Å². The summed E-state index contributed by atoms with van der Waals surface area (Å²) < 4.78 is 5.27. The molecule has 0 radical (unpaired) electrons. The minimum atomic E-state index is -0.944. The van der Waals surface area contributed by atoms with Gasteiger partial charge in [0.25, 0.3) is 5.91 Å². The minimum Gasteiger partial charge on any atom is -0.496 e. The summed E-state index contributed by atoms with van der Waals surface area (Å²) >= 11 is 0. The number of benzene rings is 2. The fraction of sp³-hybridized carbons (Fsp3) is 0.300. The van der Waals surface area contributed by atoms with E-state index in [9.17, 15) is 9.59 Å². The lowest BCUT2D eigenvalue weighted by Crippen LogP contribution is -2.52. The zero-order chi connectivity index (χ0) is 18.2. The average Bonchev–Trinajstić information content (AvgIpc) is 3.42. The number of nitrogens with two attached hydrogens (primary N) is 1. The van der Waals surface area contributed by atoms with E-state index in [4.69, 9.17) is 10.6 Å². The van der Waals surface area contributed by atoms with Crippen LogP contribution in [0.25, 0.3) is 0 Å². The largest absolute Gasteiger partial charge is 0.496 e. The van der Waals surface area contributed by atoms with Crippen LogP contribution in [0.3, 0.4) is 0 Å². The highest BCUT2D eigenvalue weighted by molar-refractivity contribution is 6.09. The first-order valence-electron chi connectivity index (χ1n) is 8.25. The molecule has 1 saturated carbocycles. The van der Waals surface area contributed by atoms with E-state index in [0.29, 0.717) is 35.3 Å². The first kappa shape index (κ1) is 17.2. The average molecular weight is 338 g/mol. The van der Waals surface area contributed by atoms with Crippen molar-refractivity contribution in [2.75, 3.05) is 7.11 Å². The molecule has 2 N–H and O–H groups in total. The summed E-state index contributed by atoms with van der Waals surface area (Å²) in [6, 6.07) is 12.6. The SMILES string of the molecule is COc1cccc(C(=O)N(N)C2(C(=O)c3cccc(C)c3)CC2)c1C. The molecular weight excluding hydrogens is 316 g/mol. The number of ketones is 1. The van der Waals surface area contributed by atoms with E-state index in [1.807, 2.05) is 32.0 Å². The maximum Gasteiger partial charge on any atom is 0.269 e. The van der Waals surface area contributed by atoms with Crippen LogP contribution in [-0.2, 0) is 0 Å². The Labute approximate surface area is 147 Å². The standard InChI is InChI=1S/C20H22N2O3/c1-13-6-4-7-15(12-13)18(23)20(10-11-20)22(21)19(24)16-8-5-9-17(25-3)14(16)2/h4-9,12H,10-11,21H2,1-3H3. The van der Waals surface area contributed by atoms with Crippen molar-refractivity contribution in [1.82, 2.24) is 5.01 Å². The van der Waals surface area contributed by atoms with Crippen molar-refractivity contribution in [3.63, 3.8) is 0 Å². The number of methoxy groups -OCH3 is 1. The van der Waals surface area contributed by atoms with Crippen molar-refractivity contribution in [3.05, 3.63) is 64.7 Å². The fourth-order valence-corrected chi connectivity index (χ4v) is 3.14. The molecule has 0 heterocycles. The second kappa shape index (κ2) is 6.33. The monoisotopic (exact) mass is 338 g/mol. The number of carbonyl (C=O) groups is 2. The molecule has 0 bridgehead atoms. The summed E-state index contributed by atoms with van der Waals surface area (Å²) in [4.78, 5) is 25.9. The Balaban J connectivity index is 1.91. The molecule has 5 nitrogen and oxygen atoms in total. The Morgan fingerprint density at radius 1 is 1.12 bits per heavy atom. The van der Waals surface area contributed by atoms with Crippen molar-refractivity contribution < 1.29 is 14.3 Å². The third kappa shape index (κ3) is 2.91. The van der Waals surface area contributed by atoms with Crippen molar-refractivity contribution >= 4 is 11.7 Å². The third-order valence-corrected chi connectivity index (χ3v) is 4.84. The number of amides is 1. The number of hydrogen-bond donors (Lipinski definition) is 1. The van der Waals surface area contributed by atoms with Crippen LogP contribution in [-0.4, -0.2) is 29.3 Å². The molecule has 1 fully saturated rings. The number of aryl methyl sites for hydroxylation is 1. The highest BCUT2D eigenvalue weighted by Crippen LogP contribution is 2.43. The molecule has 0 aliphatic heterocycles. The second-order valence-electron chi connectivity index (χ2n) is 6.54. The summed E-state index contributed by atoms with van der Waals surface area (Å²) in [5, 5.41) is 1.11. The van der Waals surface area contributed by atoms with E-state index in [2.05, 4.69) is 0 Å². The number of Topliss-reactive ketones (excluding diaryl/α,β-unsaturated/α-hetero) is 1. The van der Waals surface area contributed by atoms with Crippen LogP contribution in [0.5, 0.6) is 5.75 Å². The number of ether oxygens (including phenoxy) is 1. The molecule has 0 spiro atoms. The summed E-state index contributed by atoms with van der Waals surface area (Å²) in [6.07, 6.45) is 1.15. The first-order chi connectivity index (χ1) is 11.9. The Morgan fingerprint density at radius 2 is 1.80 bits per heavy atom. The first-order valence-corrected chi connectivity index (χ1v) is 8.25. The normalized spacial score (nSPS) is 14.7. The van der Waals surface area contributed by atoms with E-state index in [-0.39, 0.29) is 11.7 Å². The number of hydrogen-bond acceptors (Lipinski definition) is 4. The zero-order valence-electron chi connectivity index (χ0n) is 14.7. The van der Waals surface area contributed by atoms with Crippen molar-refractivity contribution in [2.45, 2.75) is 32.2 Å². The van der Waals surface area contributed by atoms with Crippen LogP contribution >= 0.6 is 0 Å². The molecule has 130 valence electrons. The predicted molar refractivity (Wildman–Crippen MR) is 95.6 cm³/mol. The summed E-state index contributed by atoms with van der Waals surface area (Å²) in [5.41, 5.74) is 1.80. The molecule has 1 aliphatic carbocycles. The molecular formula is C20H22N2O3. The molecule has 2 aromatic rings. The third-order valence-electron chi connectivity index (χ3n) is 4.84. The summed E-state index contributed by atoms with van der Waals surface area (Å²) in [6.45, 7) is 3.74. The Kier molecular flexibility index (Phi) is 4.35. The van der Waals surface area contributed by atoms with Crippen LogP contribution in [0, 0.1) is 13.8 Å². The Hall–Kier alpha value is -2.66. The van der Waals surface area contributed by atoms with Crippen LogP contribution in [0.4, 0.5) is 0 Å². The Morgan fingerprint density at radius 3 is 2.40 bits per heavy atom. The van der Waals surface area contributed by atoms with Gasteiger partial charge in [-0.25, -0.2) is 5.84 Å². The molecule has 5 heteroatoms. The molecule has 25 heavy (non-hydrogen) atoms. The van der Waals surface area contributed by atoms with Gasteiger partial charge < -0.3 is 4.74 Å². The lowest BCUT2D eigenvalue weighted by Gasteiger charge is -2.27. The van der Waals surface area contributed by atoms with Crippen LogP contribution in [0.2, 0.25) is 0 Å². The van der Waals surface area contributed by atoms with E-state index < -0.39 is 5.54 Å². The van der Waals surface area contributed by atoms with Crippen LogP contribution < -0.4 is 10.6 Å². The van der Waals surface area contributed by atoms with Crippen LogP contribution in [0.15, 0.2) is 42.5 Å². The molecule has 1 amide bonds. The topological polar surface area (TPSA) is 72.6 Å². The van der Waals surface area contributed by atoms with E-state index in [1.165, 1.54) is 0 Å². The maximum absolute atomic E-state index is 13.0. The fourth-order valence-electron chi connectivity index (χ4n) is 3.14. The number of carbonyl (C=O) groups excluding carboxylic acids is 2. The molecule has 0 aromatic heterocycles. The van der Waals surface area contributed by atoms with Gasteiger partial charge >= 0.3 is 0 Å². The van der Waals surface area contributed by atoms with Gasteiger partial charge in [0.05, 0.1) is 7.11 Å². The predicted octanol–water partition coefficient (Wildman–Crippen LogP) is 3.04. The smallest absolute Gasteiger partial charge is 0.269 e. The second-order valence-corrected chi connectivity index (χ2v) is 6.54. The number of hydrazine groups is 1. The van der Waals surface area contributed by atoms with Gasteiger partial charge in [-0.3, -0.25) is 14.6 Å². The summed E-state index contributed by atoms with van der Waals surface area (Å²) in [7, 11) is 1.56. The molecule has 0 atom stereocenters. The van der Waals surface area contributed by atoms with Crippen molar-refractivity contribution in [3.8, 4) is 5.75 Å². The van der Waals surface area contributed by atoms with Gasteiger partial charge in [0, 0.05) is 16.7 Å². The number of nitrogens with zero attached hydrogens (tertiary/aromatic N) is 1. The molecule has 0 saturated heterocycles. The minimum absolute atomic E-state index is 0.104. The lowest BCUT2D eigenvalue weighted by molar-refractivity contribution is 0.0575. The molecule has 2 aromatic carbocycles. The highest BCUT2D eigenvalue weighted by atomic mass is 16.5. The van der Waals surface area contributed by atoms with Gasteiger partial charge in [0.2, 0.25) is 0 Å². The number of rotatable bonds is 5. The molecule has 1 aliphatic rings. The van der Waals surface area contributed by atoms with E-state index >= 15 is 0 Å². The van der Waals surface area contributed by atoms with Gasteiger partial charge in [-0.2, -0.15) is 0 Å². The van der Waals surface area contributed by atoms with Crippen LogP contribution in [0.1, 0.15) is 44.7 Å².